The summed E-state index contributed by atoms with van der Waals surface area (Å²) in [6.45, 7) is 9.10. The molecule has 0 rings (SSSR count). The Morgan fingerprint density at radius 1 is 1.62 bits per heavy atom. The van der Waals surface area contributed by atoms with Crippen molar-refractivity contribution in [2.75, 3.05) is 12.9 Å². The van der Waals surface area contributed by atoms with Crippen LogP contribution in [0.5, 0.6) is 0 Å². The number of esters is 1. The topological polar surface area (TPSA) is 38.7 Å². The highest BCUT2D eigenvalue weighted by Crippen LogP contribution is 1.90. The molecule has 0 aliphatic heterocycles. The molecule has 0 aromatic carbocycles. The molecule has 0 spiro atoms. The summed E-state index contributed by atoms with van der Waals surface area (Å²) < 4.78 is 4.40. The zero-order valence-corrected chi connectivity index (χ0v) is 9.48. The molecule has 0 N–H and O–H groups in total. The van der Waals surface area contributed by atoms with Crippen LogP contribution in [0.15, 0.2) is 17.3 Å². The summed E-state index contributed by atoms with van der Waals surface area (Å²) in [7, 11) is 0. The Kier molecular flexibility index (Phi) is 12.7. The van der Waals surface area contributed by atoms with Crippen molar-refractivity contribution in [1.82, 2.24) is 0 Å². The van der Waals surface area contributed by atoms with Crippen molar-refractivity contribution in [3.05, 3.63) is 12.3 Å². The molecule has 0 saturated carbocycles. The van der Waals surface area contributed by atoms with Crippen molar-refractivity contribution < 1.29 is 9.53 Å². The number of ether oxygens (including phenoxy) is 1. The summed E-state index contributed by atoms with van der Waals surface area (Å²) in [5.41, 5.74) is 2.62. The van der Waals surface area contributed by atoms with E-state index in [1.54, 1.807) is 24.2 Å². The summed E-state index contributed by atoms with van der Waals surface area (Å²) in [4.78, 5) is 13.7. The number of rotatable bonds is 3. The lowest BCUT2D eigenvalue weighted by molar-refractivity contribution is -0.140. The van der Waals surface area contributed by atoms with E-state index in [1.807, 2.05) is 13.2 Å². The molecule has 0 aromatic rings. The van der Waals surface area contributed by atoms with Gasteiger partial charge in [-0.1, -0.05) is 6.58 Å². The number of allylic oxidation sites excluding steroid dienone is 1. The second kappa shape index (κ2) is 11.2. The van der Waals surface area contributed by atoms with Crippen molar-refractivity contribution in [2.24, 2.45) is 4.99 Å². The number of thioether (sulfide) groups is 1. The fourth-order valence-electron chi connectivity index (χ4n) is 0.346. The molecule has 0 heterocycles. The summed E-state index contributed by atoms with van der Waals surface area (Å²) in [5.74, 6) is -0.211. The largest absolute Gasteiger partial charge is 0.466 e. The van der Waals surface area contributed by atoms with Gasteiger partial charge in [-0.25, -0.2) is 0 Å². The third kappa shape index (κ3) is 24.6. The third-order valence-corrected chi connectivity index (χ3v) is 1.04. The highest BCUT2D eigenvalue weighted by molar-refractivity contribution is 8.11. The number of nitrogens with zero attached hydrogens (tertiary/aromatic N) is 1. The monoisotopic (exact) mass is 203 g/mol. The molecule has 13 heavy (non-hydrogen) atoms. The van der Waals surface area contributed by atoms with Gasteiger partial charge in [-0.05, 0) is 20.1 Å². The average Bonchev–Trinajstić information content (AvgIpc) is 2.01. The summed E-state index contributed by atoms with van der Waals surface area (Å²) >= 11 is 1.58. The number of aliphatic imine (C=N–C) groups is 1. The zero-order chi connectivity index (χ0) is 10.7. The van der Waals surface area contributed by atoms with Gasteiger partial charge in [-0.3, -0.25) is 9.79 Å². The van der Waals surface area contributed by atoms with E-state index in [2.05, 4.69) is 16.3 Å². The SMILES string of the molecule is C=C(C)N=CSC.CCOC(C)=O. The smallest absolute Gasteiger partial charge is 0.302 e. The molecule has 76 valence electrons. The molecule has 0 amide bonds. The van der Waals surface area contributed by atoms with Gasteiger partial charge < -0.3 is 4.74 Å². The summed E-state index contributed by atoms with van der Waals surface area (Å²) in [6.07, 6.45) is 1.96. The van der Waals surface area contributed by atoms with E-state index in [4.69, 9.17) is 0 Å². The van der Waals surface area contributed by atoms with Crippen LogP contribution in [-0.4, -0.2) is 24.4 Å². The molecule has 0 aromatic heterocycles. The number of carbonyl (C=O) groups is 1. The Hall–Kier alpha value is -0.770. The molecule has 0 bridgehead atoms. The molecular weight excluding hydrogens is 186 g/mol. The normalized spacial score (nSPS) is 8.92. The molecule has 0 saturated heterocycles. The quantitative estimate of drug-likeness (QED) is 0.402. The lowest BCUT2D eigenvalue weighted by Crippen LogP contribution is -1.95. The Morgan fingerprint density at radius 3 is 2.23 bits per heavy atom. The van der Waals surface area contributed by atoms with E-state index >= 15 is 0 Å². The van der Waals surface area contributed by atoms with Gasteiger partial charge in [0.1, 0.15) is 0 Å². The van der Waals surface area contributed by atoms with Crippen LogP contribution in [0.2, 0.25) is 0 Å². The first kappa shape index (κ1) is 14.7. The Morgan fingerprint density at radius 2 is 2.15 bits per heavy atom. The first-order valence-electron chi connectivity index (χ1n) is 3.88. The van der Waals surface area contributed by atoms with Crippen LogP contribution < -0.4 is 0 Å². The molecule has 4 heteroatoms. The first-order chi connectivity index (χ1) is 6.04. The van der Waals surface area contributed by atoms with Crippen LogP contribution in [-0.2, 0) is 9.53 Å². The minimum absolute atomic E-state index is 0.211. The van der Waals surface area contributed by atoms with Crippen LogP contribution in [0.25, 0.3) is 0 Å². The van der Waals surface area contributed by atoms with E-state index in [1.165, 1.54) is 6.92 Å². The number of carbonyl (C=O) groups excluding carboxylic acids is 1. The minimum atomic E-state index is -0.211. The maximum Gasteiger partial charge on any atom is 0.302 e. The van der Waals surface area contributed by atoms with Gasteiger partial charge in [-0.15, -0.1) is 11.8 Å². The summed E-state index contributed by atoms with van der Waals surface area (Å²) in [6, 6.07) is 0. The highest BCUT2D eigenvalue weighted by Gasteiger charge is 1.81. The van der Waals surface area contributed by atoms with E-state index < -0.39 is 0 Å². The van der Waals surface area contributed by atoms with Gasteiger partial charge in [0.2, 0.25) is 0 Å². The molecular formula is C9H17NO2S. The second-order valence-corrected chi connectivity index (χ2v) is 2.81. The Labute approximate surface area is 84.3 Å². The van der Waals surface area contributed by atoms with E-state index in [9.17, 15) is 4.79 Å². The van der Waals surface area contributed by atoms with Gasteiger partial charge in [0.05, 0.1) is 12.2 Å². The molecule has 0 fully saturated rings. The van der Waals surface area contributed by atoms with Gasteiger partial charge >= 0.3 is 5.97 Å². The van der Waals surface area contributed by atoms with Crippen molar-refractivity contribution in [2.45, 2.75) is 20.8 Å². The predicted molar refractivity (Wildman–Crippen MR) is 59.1 cm³/mol. The second-order valence-electron chi connectivity index (χ2n) is 2.13. The molecule has 3 nitrogen and oxygen atoms in total. The van der Waals surface area contributed by atoms with Crippen molar-refractivity contribution in [3.63, 3.8) is 0 Å². The van der Waals surface area contributed by atoms with E-state index in [0.717, 1.165) is 5.70 Å². The Balaban J connectivity index is 0. The van der Waals surface area contributed by atoms with Gasteiger partial charge in [0, 0.05) is 12.6 Å². The van der Waals surface area contributed by atoms with Crippen LogP contribution in [0.3, 0.4) is 0 Å². The van der Waals surface area contributed by atoms with Crippen LogP contribution >= 0.6 is 11.8 Å². The van der Waals surface area contributed by atoms with Crippen LogP contribution in [0, 0.1) is 0 Å². The summed E-state index contributed by atoms with van der Waals surface area (Å²) in [5, 5.41) is 0. The average molecular weight is 203 g/mol. The van der Waals surface area contributed by atoms with E-state index in [-0.39, 0.29) is 5.97 Å². The molecule has 0 unspecified atom stereocenters. The van der Waals surface area contributed by atoms with Crippen molar-refractivity contribution in [3.8, 4) is 0 Å². The van der Waals surface area contributed by atoms with Gasteiger partial charge in [0.25, 0.3) is 0 Å². The molecule has 0 atom stereocenters. The maximum atomic E-state index is 9.82. The Bertz CT molecular complexity index is 178. The molecule has 0 aliphatic carbocycles. The number of hydrogen-bond donors (Lipinski definition) is 0. The lowest BCUT2D eigenvalue weighted by Gasteiger charge is -1.89. The van der Waals surface area contributed by atoms with Gasteiger partial charge in [-0.2, -0.15) is 0 Å². The fraction of sp³-hybridized carbons (Fsp3) is 0.556. The lowest BCUT2D eigenvalue weighted by atomic mass is 10.6. The predicted octanol–water partition coefficient (Wildman–Crippen LogP) is 2.48. The van der Waals surface area contributed by atoms with Crippen LogP contribution in [0.1, 0.15) is 20.8 Å². The highest BCUT2D eigenvalue weighted by atomic mass is 32.2. The molecule has 0 radical (unpaired) electrons. The zero-order valence-electron chi connectivity index (χ0n) is 8.66. The third-order valence-electron chi connectivity index (χ3n) is 0.726. The first-order valence-corrected chi connectivity index (χ1v) is 5.17. The standard InChI is InChI=1S/C5H9NS.C4H8O2/c1-5(2)6-4-7-3;1-3-6-4(2)5/h4H,1H2,2-3H3;3H2,1-2H3. The van der Waals surface area contributed by atoms with E-state index in [0.29, 0.717) is 6.61 Å². The van der Waals surface area contributed by atoms with Crippen molar-refractivity contribution >= 4 is 23.3 Å². The maximum absolute atomic E-state index is 9.82. The number of hydrogen-bond acceptors (Lipinski definition) is 4. The van der Waals surface area contributed by atoms with Crippen molar-refractivity contribution in [1.29, 1.82) is 0 Å². The van der Waals surface area contributed by atoms with Gasteiger partial charge in [0.15, 0.2) is 0 Å². The fourth-order valence-corrected chi connectivity index (χ4v) is 0.631. The van der Waals surface area contributed by atoms with Crippen LogP contribution in [0.4, 0.5) is 0 Å². The molecule has 0 aliphatic rings. The minimum Gasteiger partial charge on any atom is -0.466 e.